The van der Waals surface area contributed by atoms with Gasteiger partial charge >= 0.3 is 0 Å². The van der Waals surface area contributed by atoms with Crippen molar-refractivity contribution in [2.45, 2.75) is 31.7 Å². The highest BCUT2D eigenvalue weighted by molar-refractivity contribution is 6.05. The Bertz CT molecular complexity index is 317. The Hall–Kier alpha value is -0.940. The summed E-state index contributed by atoms with van der Waals surface area (Å²) in [6.07, 6.45) is 3.66. The zero-order valence-electron chi connectivity index (χ0n) is 10.4. The molecule has 0 aromatic heterocycles. The number of imide groups is 1. The Labute approximate surface area is 102 Å². The minimum atomic E-state index is -0.215. The van der Waals surface area contributed by atoms with Crippen LogP contribution in [0.25, 0.3) is 0 Å². The number of piperidine rings is 1. The van der Waals surface area contributed by atoms with Crippen LogP contribution in [0.1, 0.15) is 25.7 Å². The fraction of sp³-hybridized carbons (Fsp3) is 0.833. The zero-order valence-corrected chi connectivity index (χ0v) is 10.4. The van der Waals surface area contributed by atoms with Gasteiger partial charge < -0.3 is 5.73 Å². The zero-order chi connectivity index (χ0) is 12.4. The summed E-state index contributed by atoms with van der Waals surface area (Å²) in [5.74, 6) is 0.493. The summed E-state index contributed by atoms with van der Waals surface area (Å²) in [4.78, 5) is 26.9. The number of likely N-dealkylation sites (N-methyl/N-ethyl adjacent to an activating group) is 1. The number of nitrogens with zero attached hydrogens (tertiary/aromatic N) is 2. The highest BCUT2D eigenvalue weighted by Gasteiger charge is 2.40. The van der Waals surface area contributed by atoms with Crippen molar-refractivity contribution in [2.75, 3.05) is 26.7 Å². The van der Waals surface area contributed by atoms with Crippen molar-refractivity contribution in [2.24, 2.45) is 11.7 Å². The van der Waals surface area contributed by atoms with Crippen LogP contribution in [-0.4, -0.2) is 54.3 Å². The van der Waals surface area contributed by atoms with E-state index in [9.17, 15) is 9.59 Å². The first-order chi connectivity index (χ1) is 8.13. The molecular formula is C12H21N3O2. The number of carbonyl (C=O) groups is 2. The van der Waals surface area contributed by atoms with Crippen LogP contribution in [0.3, 0.4) is 0 Å². The van der Waals surface area contributed by atoms with Crippen molar-refractivity contribution in [3.05, 3.63) is 0 Å². The monoisotopic (exact) mass is 239 g/mol. The van der Waals surface area contributed by atoms with Crippen LogP contribution >= 0.6 is 0 Å². The molecule has 0 aromatic rings. The lowest BCUT2D eigenvalue weighted by molar-refractivity contribution is -0.138. The normalized spacial score (nSPS) is 31.3. The van der Waals surface area contributed by atoms with Crippen LogP contribution < -0.4 is 5.73 Å². The van der Waals surface area contributed by atoms with E-state index < -0.39 is 0 Å². The van der Waals surface area contributed by atoms with Crippen molar-refractivity contribution in [1.29, 1.82) is 0 Å². The fourth-order valence-corrected chi connectivity index (χ4v) is 2.87. The first-order valence-corrected chi connectivity index (χ1v) is 6.38. The smallest absolute Gasteiger partial charge is 0.246 e. The Morgan fingerprint density at radius 3 is 2.76 bits per heavy atom. The van der Waals surface area contributed by atoms with Gasteiger partial charge in [-0.25, -0.2) is 0 Å². The van der Waals surface area contributed by atoms with Crippen LogP contribution in [0.2, 0.25) is 0 Å². The lowest BCUT2D eigenvalue weighted by atomic mass is 9.93. The summed E-state index contributed by atoms with van der Waals surface area (Å²) in [6.45, 7) is 2.54. The number of nitrogens with two attached hydrogens (primary N) is 1. The van der Waals surface area contributed by atoms with E-state index in [-0.39, 0.29) is 17.9 Å². The minimum absolute atomic E-state index is 0.0385. The van der Waals surface area contributed by atoms with Gasteiger partial charge in [0.05, 0.1) is 12.5 Å². The summed E-state index contributed by atoms with van der Waals surface area (Å²) in [5.41, 5.74) is 5.58. The van der Waals surface area contributed by atoms with Crippen molar-refractivity contribution in [3.63, 3.8) is 0 Å². The first-order valence-electron chi connectivity index (χ1n) is 6.38. The Morgan fingerprint density at radius 2 is 2.18 bits per heavy atom. The summed E-state index contributed by atoms with van der Waals surface area (Å²) in [6, 6.07) is -0.215. The molecule has 2 rings (SSSR count). The number of amides is 2. The standard InChI is InChI=1S/C12H21N3O2/c1-14-11(16)7-10(12(14)17)15-6-2-3-9(8-15)4-5-13/h9-10H,2-8,13H2,1H3. The van der Waals surface area contributed by atoms with Gasteiger partial charge in [-0.05, 0) is 38.3 Å². The molecule has 0 radical (unpaired) electrons. The average molecular weight is 239 g/mol. The molecule has 0 aliphatic carbocycles. The highest BCUT2D eigenvalue weighted by atomic mass is 16.2. The Kier molecular flexibility index (Phi) is 3.79. The van der Waals surface area contributed by atoms with Crippen LogP contribution in [0.15, 0.2) is 0 Å². The van der Waals surface area contributed by atoms with Gasteiger partial charge in [-0.15, -0.1) is 0 Å². The van der Waals surface area contributed by atoms with Gasteiger partial charge in [0, 0.05) is 13.6 Å². The molecule has 0 saturated carbocycles. The summed E-state index contributed by atoms with van der Waals surface area (Å²) >= 11 is 0. The predicted octanol–water partition coefficient (Wildman–Crippen LogP) is -0.195. The molecule has 5 heteroatoms. The molecule has 5 nitrogen and oxygen atoms in total. The lowest BCUT2D eigenvalue weighted by Gasteiger charge is -2.35. The van der Waals surface area contributed by atoms with E-state index in [1.54, 1.807) is 7.05 Å². The quantitative estimate of drug-likeness (QED) is 0.693. The minimum Gasteiger partial charge on any atom is -0.330 e. The predicted molar refractivity (Wildman–Crippen MR) is 64.2 cm³/mol. The van der Waals surface area contributed by atoms with E-state index in [1.807, 2.05) is 0 Å². The number of hydrogen-bond acceptors (Lipinski definition) is 4. The molecule has 2 unspecified atom stereocenters. The summed E-state index contributed by atoms with van der Waals surface area (Å²) in [7, 11) is 1.58. The summed E-state index contributed by atoms with van der Waals surface area (Å²) in [5, 5.41) is 0. The molecule has 2 fully saturated rings. The van der Waals surface area contributed by atoms with Gasteiger partial charge in [0.1, 0.15) is 0 Å². The van der Waals surface area contributed by atoms with E-state index >= 15 is 0 Å². The van der Waals surface area contributed by atoms with Gasteiger partial charge in [0.2, 0.25) is 11.8 Å². The molecule has 0 bridgehead atoms. The molecular weight excluding hydrogens is 218 g/mol. The number of hydrogen-bond donors (Lipinski definition) is 1. The third-order valence-corrected chi connectivity index (χ3v) is 3.92. The second-order valence-corrected chi connectivity index (χ2v) is 5.09. The largest absolute Gasteiger partial charge is 0.330 e. The molecule has 2 aliphatic heterocycles. The van der Waals surface area contributed by atoms with Gasteiger partial charge in [-0.3, -0.25) is 19.4 Å². The third-order valence-electron chi connectivity index (χ3n) is 3.92. The van der Waals surface area contributed by atoms with Gasteiger partial charge in [0.25, 0.3) is 0 Å². The SMILES string of the molecule is CN1C(=O)CC(N2CCCC(CCN)C2)C1=O. The highest BCUT2D eigenvalue weighted by Crippen LogP contribution is 2.25. The van der Waals surface area contributed by atoms with Crippen LogP contribution in [-0.2, 0) is 9.59 Å². The fourth-order valence-electron chi connectivity index (χ4n) is 2.87. The van der Waals surface area contributed by atoms with E-state index in [1.165, 1.54) is 11.3 Å². The van der Waals surface area contributed by atoms with Gasteiger partial charge in [-0.2, -0.15) is 0 Å². The molecule has 2 aliphatic rings. The lowest BCUT2D eigenvalue weighted by Crippen LogP contribution is -2.46. The third kappa shape index (κ3) is 2.50. The van der Waals surface area contributed by atoms with Crippen molar-refractivity contribution in [3.8, 4) is 0 Å². The average Bonchev–Trinajstić information content (AvgIpc) is 2.58. The number of carbonyl (C=O) groups excluding carboxylic acids is 2. The Balaban J connectivity index is 1.98. The van der Waals surface area contributed by atoms with Crippen LogP contribution in [0.4, 0.5) is 0 Å². The maximum Gasteiger partial charge on any atom is 0.246 e. The van der Waals surface area contributed by atoms with E-state index in [2.05, 4.69) is 4.90 Å². The molecule has 0 spiro atoms. The molecule has 2 atom stereocenters. The second kappa shape index (κ2) is 5.14. The number of likely N-dealkylation sites (tertiary alicyclic amines) is 2. The maximum atomic E-state index is 11.9. The van der Waals surface area contributed by atoms with Crippen molar-refractivity contribution >= 4 is 11.8 Å². The molecule has 2 saturated heterocycles. The molecule has 2 heterocycles. The molecule has 2 N–H and O–H groups in total. The van der Waals surface area contributed by atoms with Crippen molar-refractivity contribution < 1.29 is 9.59 Å². The van der Waals surface area contributed by atoms with Gasteiger partial charge in [-0.1, -0.05) is 0 Å². The van der Waals surface area contributed by atoms with Gasteiger partial charge in [0.15, 0.2) is 0 Å². The molecule has 17 heavy (non-hydrogen) atoms. The van der Waals surface area contributed by atoms with Crippen LogP contribution in [0, 0.1) is 5.92 Å². The van der Waals surface area contributed by atoms with E-state index in [0.29, 0.717) is 18.9 Å². The van der Waals surface area contributed by atoms with E-state index in [0.717, 1.165) is 25.9 Å². The first kappa shape index (κ1) is 12.5. The molecule has 96 valence electrons. The van der Waals surface area contributed by atoms with Crippen LogP contribution in [0.5, 0.6) is 0 Å². The number of rotatable bonds is 3. The van der Waals surface area contributed by atoms with E-state index in [4.69, 9.17) is 5.73 Å². The molecule has 2 amide bonds. The Morgan fingerprint density at radius 1 is 1.41 bits per heavy atom. The second-order valence-electron chi connectivity index (χ2n) is 5.09. The maximum absolute atomic E-state index is 11.9. The summed E-state index contributed by atoms with van der Waals surface area (Å²) < 4.78 is 0. The molecule has 0 aromatic carbocycles. The topological polar surface area (TPSA) is 66.6 Å². The van der Waals surface area contributed by atoms with Crippen molar-refractivity contribution in [1.82, 2.24) is 9.80 Å².